The monoisotopic (exact) mass is 243 g/mol. The Hall–Kier alpha value is 0.610. The maximum Gasteiger partial charge on any atom is 0.106 e. The average molecular weight is 243 g/mol. The van der Waals surface area contributed by atoms with Gasteiger partial charge in [-0.25, -0.2) is 0 Å². The summed E-state index contributed by atoms with van der Waals surface area (Å²) in [6.07, 6.45) is 2.05. The lowest BCUT2D eigenvalue weighted by Gasteiger charge is -2.05. The highest BCUT2D eigenvalue weighted by Crippen LogP contribution is 1.91. The van der Waals surface area contributed by atoms with E-state index in [1.54, 1.807) is 0 Å². The second kappa shape index (κ2) is 6.73. The fourth-order valence-electron chi connectivity index (χ4n) is 0.488. The van der Waals surface area contributed by atoms with Crippen LogP contribution in [0.15, 0.2) is 0 Å². The van der Waals surface area contributed by atoms with E-state index >= 15 is 0 Å². The van der Waals surface area contributed by atoms with Gasteiger partial charge in [-0.05, 0) is 23.8 Å². The topological polar surface area (TPSA) is 64.1 Å². The summed E-state index contributed by atoms with van der Waals surface area (Å²) in [4.78, 5) is 0. The minimum atomic E-state index is -0.348. The minimum absolute atomic E-state index is 0.348. The summed E-state index contributed by atoms with van der Waals surface area (Å²) in [5.41, 5.74) is 10.5. The SMILES string of the molecule is NC(N)NCCCCI. The first-order valence-corrected chi connectivity index (χ1v) is 4.60. The molecule has 0 aromatic heterocycles. The normalized spacial score (nSPS) is 10.7. The van der Waals surface area contributed by atoms with Crippen molar-refractivity contribution in [3.63, 3.8) is 0 Å². The zero-order chi connectivity index (χ0) is 7.11. The lowest BCUT2D eigenvalue weighted by atomic mass is 10.3. The summed E-state index contributed by atoms with van der Waals surface area (Å²) in [6.45, 7) is 0.931. The molecule has 9 heavy (non-hydrogen) atoms. The number of unbranched alkanes of at least 4 members (excludes halogenated alkanes) is 1. The van der Waals surface area contributed by atoms with Gasteiger partial charge in [-0.2, -0.15) is 0 Å². The molecule has 3 nitrogen and oxygen atoms in total. The lowest BCUT2D eigenvalue weighted by Crippen LogP contribution is -2.45. The molecule has 0 aliphatic rings. The Bertz CT molecular complexity index is 58.2. The lowest BCUT2D eigenvalue weighted by molar-refractivity contribution is 0.532. The largest absolute Gasteiger partial charge is 0.304 e. The molecule has 0 amide bonds. The number of rotatable bonds is 5. The van der Waals surface area contributed by atoms with Gasteiger partial charge in [0.15, 0.2) is 0 Å². The zero-order valence-electron chi connectivity index (χ0n) is 5.44. The molecule has 0 aromatic carbocycles. The summed E-state index contributed by atoms with van der Waals surface area (Å²) >= 11 is 2.35. The number of nitrogens with two attached hydrogens (primary N) is 2. The second-order valence-electron chi connectivity index (χ2n) is 1.88. The molecule has 0 rings (SSSR count). The van der Waals surface area contributed by atoms with Gasteiger partial charge in [0, 0.05) is 0 Å². The van der Waals surface area contributed by atoms with Crippen LogP contribution in [0.25, 0.3) is 0 Å². The van der Waals surface area contributed by atoms with Crippen molar-refractivity contribution >= 4 is 22.6 Å². The van der Waals surface area contributed by atoms with Gasteiger partial charge in [-0.15, -0.1) is 0 Å². The molecule has 0 unspecified atom stereocenters. The van der Waals surface area contributed by atoms with E-state index < -0.39 is 0 Å². The van der Waals surface area contributed by atoms with Crippen molar-refractivity contribution < 1.29 is 0 Å². The van der Waals surface area contributed by atoms with Crippen molar-refractivity contribution in [3.05, 3.63) is 0 Å². The second-order valence-corrected chi connectivity index (χ2v) is 2.95. The Morgan fingerprint density at radius 3 is 2.44 bits per heavy atom. The van der Waals surface area contributed by atoms with Crippen LogP contribution in [-0.2, 0) is 0 Å². The van der Waals surface area contributed by atoms with E-state index in [2.05, 4.69) is 27.9 Å². The molecule has 0 bridgehead atoms. The van der Waals surface area contributed by atoms with Crippen LogP contribution in [0, 0.1) is 0 Å². The van der Waals surface area contributed by atoms with E-state index in [0.717, 1.165) is 13.0 Å². The number of hydrogen-bond acceptors (Lipinski definition) is 3. The van der Waals surface area contributed by atoms with Gasteiger partial charge in [0.05, 0.1) is 0 Å². The van der Waals surface area contributed by atoms with Crippen LogP contribution in [0.4, 0.5) is 0 Å². The van der Waals surface area contributed by atoms with Gasteiger partial charge < -0.3 is 11.5 Å². The van der Waals surface area contributed by atoms with E-state index in [9.17, 15) is 0 Å². The third-order valence-electron chi connectivity index (χ3n) is 0.940. The highest BCUT2D eigenvalue weighted by molar-refractivity contribution is 14.1. The molecule has 4 heteroatoms. The van der Waals surface area contributed by atoms with Gasteiger partial charge in [-0.3, -0.25) is 5.32 Å². The number of nitrogens with one attached hydrogen (secondary N) is 1. The highest BCUT2D eigenvalue weighted by atomic mass is 127. The van der Waals surface area contributed by atoms with Gasteiger partial charge in [0.1, 0.15) is 6.29 Å². The molecule has 0 radical (unpaired) electrons. The molecule has 0 saturated heterocycles. The third kappa shape index (κ3) is 8.61. The van der Waals surface area contributed by atoms with Crippen molar-refractivity contribution in [2.75, 3.05) is 11.0 Å². The molecule has 5 N–H and O–H groups in total. The predicted molar refractivity (Wildman–Crippen MR) is 48.3 cm³/mol. The molecular weight excluding hydrogens is 229 g/mol. The van der Waals surface area contributed by atoms with E-state index in [4.69, 9.17) is 11.5 Å². The fraction of sp³-hybridized carbons (Fsp3) is 1.00. The van der Waals surface area contributed by atoms with E-state index in [1.807, 2.05) is 0 Å². The van der Waals surface area contributed by atoms with Crippen molar-refractivity contribution in [2.24, 2.45) is 11.5 Å². The summed E-state index contributed by atoms with van der Waals surface area (Å²) in [5, 5.41) is 2.93. The molecule has 0 atom stereocenters. The molecule has 0 aromatic rings. The van der Waals surface area contributed by atoms with Gasteiger partial charge in [0.25, 0.3) is 0 Å². The molecule has 0 spiro atoms. The fourth-order valence-corrected chi connectivity index (χ4v) is 1.03. The molecule has 0 heterocycles. The number of halogens is 1. The maximum absolute atomic E-state index is 5.24. The number of alkyl halides is 1. The zero-order valence-corrected chi connectivity index (χ0v) is 7.60. The van der Waals surface area contributed by atoms with Crippen LogP contribution in [0.3, 0.4) is 0 Å². The van der Waals surface area contributed by atoms with Crippen LogP contribution < -0.4 is 16.8 Å². The minimum Gasteiger partial charge on any atom is -0.304 e. The first-order valence-electron chi connectivity index (χ1n) is 3.08. The molecule has 0 aliphatic carbocycles. The van der Waals surface area contributed by atoms with E-state index in [-0.39, 0.29) is 6.29 Å². The molecule has 0 fully saturated rings. The van der Waals surface area contributed by atoms with Gasteiger partial charge in [-0.1, -0.05) is 22.6 Å². The average Bonchev–Trinajstić information content (AvgIpc) is 1.80. The van der Waals surface area contributed by atoms with Crippen LogP contribution in [0.2, 0.25) is 0 Å². The molecule has 0 saturated carbocycles. The summed E-state index contributed by atoms with van der Waals surface area (Å²) in [7, 11) is 0. The first kappa shape index (κ1) is 9.61. The van der Waals surface area contributed by atoms with Crippen LogP contribution in [0.5, 0.6) is 0 Å². The highest BCUT2D eigenvalue weighted by Gasteiger charge is 1.89. The summed E-state index contributed by atoms with van der Waals surface area (Å²) < 4.78 is 1.21. The Balaban J connectivity index is 2.75. The van der Waals surface area contributed by atoms with Crippen LogP contribution >= 0.6 is 22.6 Å². The summed E-state index contributed by atoms with van der Waals surface area (Å²) in [5.74, 6) is 0. The van der Waals surface area contributed by atoms with Crippen molar-refractivity contribution in [3.8, 4) is 0 Å². The maximum atomic E-state index is 5.24. The smallest absolute Gasteiger partial charge is 0.106 e. The predicted octanol–water partition coefficient (Wildman–Crippen LogP) is -0.00780. The van der Waals surface area contributed by atoms with Gasteiger partial charge in [0.2, 0.25) is 0 Å². The van der Waals surface area contributed by atoms with E-state index in [1.165, 1.54) is 10.8 Å². The van der Waals surface area contributed by atoms with Crippen molar-refractivity contribution in [1.29, 1.82) is 0 Å². The quantitative estimate of drug-likeness (QED) is 0.275. The first-order chi connectivity index (χ1) is 4.27. The van der Waals surface area contributed by atoms with Crippen molar-refractivity contribution in [2.45, 2.75) is 19.1 Å². The van der Waals surface area contributed by atoms with Gasteiger partial charge >= 0.3 is 0 Å². The Morgan fingerprint density at radius 2 is 2.00 bits per heavy atom. The van der Waals surface area contributed by atoms with Crippen LogP contribution in [-0.4, -0.2) is 17.3 Å². The Labute approximate surface area is 69.7 Å². The van der Waals surface area contributed by atoms with Crippen molar-refractivity contribution in [1.82, 2.24) is 5.32 Å². The van der Waals surface area contributed by atoms with E-state index in [0.29, 0.717) is 0 Å². The Morgan fingerprint density at radius 1 is 1.33 bits per heavy atom. The molecule has 0 aliphatic heterocycles. The van der Waals surface area contributed by atoms with Crippen LogP contribution in [0.1, 0.15) is 12.8 Å². The molecule has 56 valence electrons. The third-order valence-corrected chi connectivity index (χ3v) is 1.70. The molecular formula is C5H14IN3. The summed E-state index contributed by atoms with van der Waals surface area (Å²) in [6, 6.07) is 0. The number of hydrogen-bond donors (Lipinski definition) is 3. The standard InChI is InChI=1S/C5H14IN3/c6-3-1-2-4-9-5(7)8/h5,9H,1-4,7-8H2. The Kier molecular flexibility index (Phi) is 7.18.